The first-order chi connectivity index (χ1) is 12.6. The molecule has 3 N–H and O–H groups in total. The lowest BCUT2D eigenvalue weighted by Gasteiger charge is -2.15. The summed E-state index contributed by atoms with van der Waals surface area (Å²) in [6.07, 6.45) is 5.10. The first-order valence-corrected chi connectivity index (χ1v) is 8.73. The van der Waals surface area contributed by atoms with Crippen molar-refractivity contribution >= 4 is 22.6 Å². The number of rotatable bonds is 4. The predicted octanol–water partition coefficient (Wildman–Crippen LogP) is 2.09. The van der Waals surface area contributed by atoms with E-state index in [4.69, 9.17) is 5.73 Å². The Bertz CT molecular complexity index is 1050. The molecule has 0 fully saturated rings. The zero-order chi connectivity index (χ0) is 18.3. The molecule has 2 heterocycles. The van der Waals surface area contributed by atoms with Crippen LogP contribution in [0.15, 0.2) is 47.5 Å². The third-order valence-corrected chi connectivity index (χ3v) is 4.94. The highest BCUT2D eigenvalue weighted by Crippen LogP contribution is 2.25. The number of aryl methyl sites for hydroxylation is 1. The minimum absolute atomic E-state index is 0.00780. The molecule has 2 aromatic heterocycles. The minimum atomic E-state index is -0.719. The summed E-state index contributed by atoms with van der Waals surface area (Å²) in [6, 6.07) is 10.4. The number of pyridine rings is 2. The summed E-state index contributed by atoms with van der Waals surface area (Å²) in [5, 5.41) is 3.87. The topological polar surface area (TPSA) is 90.0 Å². The molecular weight excluding hydrogens is 328 g/mol. The zero-order valence-electron chi connectivity index (χ0n) is 14.5. The van der Waals surface area contributed by atoms with Crippen LogP contribution in [-0.2, 0) is 19.4 Å². The molecular formula is C20H20N4O2. The molecule has 0 unspecified atom stereocenters. The van der Waals surface area contributed by atoms with Crippen molar-refractivity contribution in [1.82, 2.24) is 9.55 Å². The van der Waals surface area contributed by atoms with Crippen LogP contribution in [0.5, 0.6) is 0 Å². The van der Waals surface area contributed by atoms with Gasteiger partial charge >= 0.3 is 0 Å². The molecule has 0 radical (unpaired) electrons. The molecule has 1 aliphatic carbocycles. The van der Waals surface area contributed by atoms with Gasteiger partial charge in [0.15, 0.2) is 0 Å². The molecule has 1 aromatic carbocycles. The molecule has 1 aliphatic rings. The first-order valence-electron chi connectivity index (χ1n) is 8.73. The van der Waals surface area contributed by atoms with E-state index in [1.165, 1.54) is 17.3 Å². The van der Waals surface area contributed by atoms with Crippen molar-refractivity contribution in [2.45, 2.75) is 32.4 Å². The van der Waals surface area contributed by atoms with Crippen LogP contribution in [0.4, 0.5) is 5.69 Å². The van der Waals surface area contributed by atoms with Crippen molar-refractivity contribution < 1.29 is 4.79 Å². The Kier molecular flexibility index (Phi) is 3.95. The minimum Gasteiger partial charge on any atom is -0.380 e. The van der Waals surface area contributed by atoms with E-state index in [2.05, 4.69) is 34.6 Å². The average molecular weight is 348 g/mol. The van der Waals surface area contributed by atoms with Crippen LogP contribution < -0.4 is 16.5 Å². The lowest BCUT2D eigenvalue weighted by Crippen LogP contribution is -2.25. The summed E-state index contributed by atoms with van der Waals surface area (Å²) in [5.74, 6) is -0.719. The lowest BCUT2D eigenvalue weighted by molar-refractivity contribution is 0.0999. The number of amides is 1. The number of fused-ring (bicyclic) bond motifs is 2. The third-order valence-electron chi connectivity index (χ3n) is 4.94. The van der Waals surface area contributed by atoms with E-state index >= 15 is 0 Å². The number of carbonyl (C=O) groups is 1. The van der Waals surface area contributed by atoms with E-state index in [1.54, 1.807) is 16.8 Å². The number of nitrogens with one attached hydrogen (secondary N) is 1. The van der Waals surface area contributed by atoms with Crippen LogP contribution in [0.1, 0.15) is 28.4 Å². The van der Waals surface area contributed by atoms with Gasteiger partial charge in [-0.1, -0.05) is 24.3 Å². The maximum absolute atomic E-state index is 12.6. The Morgan fingerprint density at radius 2 is 2.00 bits per heavy atom. The van der Waals surface area contributed by atoms with Crippen molar-refractivity contribution in [2.75, 3.05) is 5.32 Å². The Morgan fingerprint density at radius 3 is 2.62 bits per heavy atom. The molecule has 6 nitrogen and oxygen atoms in total. The number of anilines is 1. The molecule has 6 heteroatoms. The summed E-state index contributed by atoms with van der Waals surface area (Å²) in [7, 11) is 0. The SMILES string of the molecule is CCn1cc(C(N)=O)c(=O)c2cc(NC3Cc4ccccc4C3)cnc21. The van der Waals surface area contributed by atoms with Crippen molar-refractivity contribution in [3.05, 3.63) is 69.6 Å². The molecule has 26 heavy (non-hydrogen) atoms. The van der Waals surface area contributed by atoms with Gasteiger partial charge < -0.3 is 15.6 Å². The number of aromatic nitrogens is 2. The fourth-order valence-corrected chi connectivity index (χ4v) is 3.67. The molecule has 3 aromatic rings. The van der Waals surface area contributed by atoms with Gasteiger partial charge in [-0.3, -0.25) is 9.59 Å². The largest absolute Gasteiger partial charge is 0.380 e. The zero-order valence-corrected chi connectivity index (χ0v) is 14.5. The van der Waals surface area contributed by atoms with E-state index in [1.807, 2.05) is 6.92 Å². The summed E-state index contributed by atoms with van der Waals surface area (Å²) in [6.45, 7) is 2.52. The highest BCUT2D eigenvalue weighted by atomic mass is 16.2. The van der Waals surface area contributed by atoms with Gasteiger partial charge in [0.1, 0.15) is 11.2 Å². The third kappa shape index (κ3) is 2.73. The maximum Gasteiger partial charge on any atom is 0.254 e. The number of hydrogen-bond acceptors (Lipinski definition) is 4. The highest BCUT2D eigenvalue weighted by Gasteiger charge is 2.21. The number of carbonyl (C=O) groups excluding carboxylic acids is 1. The Labute approximate surface area is 150 Å². The summed E-state index contributed by atoms with van der Waals surface area (Å²) >= 11 is 0. The molecule has 0 saturated heterocycles. The lowest BCUT2D eigenvalue weighted by atomic mass is 10.1. The average Bonchev–Trinajstić information content (AvgIpc) is 3.04. The molecule has 4 rings (SSSR count). The van der Waals surface area contributed by atoms with Gasteiger partial charge in [-0.05, 0) is 37.0 Å². The molecule has 0 spiro atoms. The first kappa shape index (κ1) is 16.3. The molecule has 0 aliphatic heterocycles. The number of primary amides is 1. The van der Waals surface area contributed by atoms with Crippen LogP contribution in [-0.4, -0.2) is 21.5 Å². The Balaban J connectivity index is 1.71. The molecule has 132 valence electrons. The van der Waals surface area contributed by atoms with Crippen LogP contribution in [0.25, 0.3) is 11.0 Å². The van der Waals surface area contributed by atoms with E-state index < -0.39 is 5.91 Å². The second kappa shape index (κ2) is 6.29. The van der Waals surface area contributed by atoms with Crippen LogP contribution in [0.2, 0.25) is 0 Å². The summed E-state index contributed by atoms with van der Waals surface area (Å²) in [5.41, 5.74) is 9.01. The fraction of sp³-hybridized carbons (Fsp3) is 0.250. The number of nitrogens with two attached hydrogens (primary N) is 1. The van der Waals surface area contributed by atoms with Gasteiger partial charge in [0.05, 0.1) is 17.3 Å². The van der Waals surface area contributed by atoms with Gasteiger partial charge in [-0.25, -0.2) is 4.98 Å². The van der Waals surface area contributed by atoms with Gasteiger partial charge in [-0.15, -0.1) is 0 Å². The fourth-order valence-electron chi connectivity index (χ4n) is 3.67. The monoisotopic (exact) mass is 348 g/mol. The second-order valence-corrected chi connectivity index (χ2v) is 6.64. The van der Waals surface area contributed by atoms with E-state index in [9.17, 15) is 9.59 Å². The van der Waals surface area contributed by atoms with Crippen molar-refractivity contribution in [1.29, 1.82) is 0 Å². The molecule has 0 saturated carbocycles. The molecule has 0 atom stereocenters. The maximum atomic E-state index is 12.6. The van der Waals surface area contributed by atoms with Crippen molar-refractivity contribution in [2.24, 2.45) is 5.73 Å². The van der Waals surface area contributed by atoms with Crippen molar-refractivity contribution in [3.8, 4) is 0 Å². The number of hydrogen-bond donors (Lipinski definition) is 2. The summed E-state index contributed by atoms with van der Waals surface area (Å²) in [4.78, 5) is 28.7. The second-order valence-electron chi connectivity index (χ2n) is 6.64. The predicted molar refractivity (Wildman–Crippen MR) is 101 cm³/mol. The van der Waals surface area contributed by atoms with Gasteiger partial charge in [-0.2, -0.15) is 0 Å². The van der Waals surface area contributed by atoms with Crippen LogP contribution >= 0.6 is 0 Å². The molecule has 1 amide bonds. The van der Waals surface area contributed by atoms with Gasteiger partial charge in [0, 0.05) is 18.8 Å². The summed E-state index contributed by atoms with van der Waals surface area (Å²) < 4.78 is 1.77. The van der Waals surface area contributed by atoms with E-state index in [0.717, 1.165) is 18.5 Å². The van der Waals surface area contributed by atoms with Crippen LogP contribution in [0.3, 0.4) is 0 Å². The Morgan fingerprint density at radius 1 is 1.31 bits per heavy atom. The van der Waals surface area contributed by atoms with E-state index in [-0.39, 0.29) is 17.0 Å². The number of benzene rings is 1. The smallest absolute Gasteiger partial charge is 0.254 e. The quantitative estimate of drug-likeness (QED) is 0.755. The van der Waals surface area contributed by atoms with Gasteiger partial charge in [0.25, 0.3) is 5.91 Å². The van der Waals surface area contributed by atoms with Crippen molar-refractivity contribution in [3.63, 3.8) is 0 Å². The standard InChI is InChI=1S/C20H20N4O2/c1-2-24-11-17(19(21)26)18(25)16-9-15(10-22-20(16)24)23-14-7-12-5-3-4-6-13(12)8-14/h3-6,9-11,14,23H,2,7-8H2,1H3,(H2,21,26). The van der Waals surface area contributed by atoms with E-state index in [0.29, 0.717) is 17.6 Å². The number of nitrogens with zero attached hydrogens (tertiary/aromatic N) is 2. The molecule has 0 bridgehead atoms. The Hall–Kier alpha value is -3.15. The van der Waals surface area contributed by atoms with Gasteiger partial charge in [0.2, 0.25) is 5.43 Å². The van der Waals surface area contributed by atoms with Crippen LogP contribution in [0, 0.1) is 0 Å². The normalized spacial score (nSPS) is 13.7. The highest BCUT2D eigenvalue weighted by molar-refractivity contribution is 5.96.